The standard InChI is InChI=1S/C11H12O3/c1-2-3-9-13-14-11(12)10-7-5-4-6-8-10/h2,4-8H,1,3,9H2. The molecule has 0 saturated carbocycles. The molecular formula is C11H12O3. The van der Waals surface area contributed by atoms with Crippen molar-refractivity contribution in [1.29, 1.82) is 0 Å². The summed E-state index contributed by atoms with van der Waals surface area (Å²) >= 11 is 0. The van der Waals surface area contributed by atoms with Gasteiger partial charge in [0.25, 0.3) is 0 Å². The highest BCUT2D eigenvalue weighted by Gasteiger charge is 2.05. The molecule has 0 bridgehead atoms. The minimum atomic E-state index is -0.477. The Morgan fingerprint density at radius 3 is 2.71 bits per heavy atom. The number of hydrogen-bond acceptors (Lipinski definition) is 3. The number of carbonyl (C=O) groups is 1. The molecule has 0 atom stereocenters. The molecule has 0 saturated heterocycles. The molecule has 0 heterocycles. The fourth-order valence-corrected chi connectivity index (χ4v) is 0.849. The van der Waals surface area contributed by atoms with Crippen molar-refractivity contribution in [3.63, 3.8) is 0 Å². The Kier molecular flexibility index (Phi) is 4.44. The van der Waals surface area contributed by atoms with Crippen molar-refractivity contribution in [1.82, 2.24) is 0 Å². The maximum atomic E-state index is 11.2. The van der Waals surface area contributed by atoms with Crippen LogP contribution in [0.15, 0.2) is 43.0 Å². The minimum absolute atomic E-state index is 0.335. The molecule has 0 aliphatic rings. The van der Waals surface area contributed by atoms with Crippen molar-refractivity contribution in [3.8, 4) is 0 Å². The second kappa shape index (κ2) is 5.94. The van der Waals surface area contributed by atoms with Gasteiger partial charge < -0.3 is 0 Å². The van der Waals surface area contributed by atoms with Gasteiger partial charge in [-0.3, -0.25) is 4.89 Å². The van der Waals surface area contributed by atoms with Crippen LogP contribution in [-0.2, 0) is 9.78 Å². The Hall–Kier alpha value is -1.61. The normalized spacial score (nSPS) is 9.43. The fourth-order valence-electron chi connectivity index (χ4n) is 0.849. The first-order valence-corrected chi connectivity index (χ1v) is 4.34. The van der Waals surface area contributed by atoms with Gasteiger partial charge in [0, 0.05) is 0 Å². The molecule has 0 radical (unpaired) electrons. The lowest BCUT2D eigenvalue weighted by molar-refractivity contribution is -0.239. The molecule has 0 aliphatic carbocycles. The van der Waals surface area contributed by atoms with Gasteiger partial charge in [-0.25, -0.2) is 4.79 Å². The summed E-state index contributed by atoms with van der Waals surface area (Å²) in [6.07, 6.45) is 2.35. The molecule has 0 amide bonds. The Bertz CT molecular complexity index is 293. The predicted molar refractivity (Wildman–Crippen MR) is 52.6 cm³/mol. The van der Waals surface area contributed by atoms with Crippen molar-refractivity contribution < 1.29 is 14.6 Å². The summed E-state index contributed by atoms with van der Waals surface area (Å²) in [5, 5.41) is 0. The van der Waals surface area contributed by atoms with Gasteiger partial charge in [0.15, 0.2) is 0 Å². The topological polar surface area (TPSA) is 35.5 Å². The first kappa shape index (κ1) is 10.5. The Balaban J connectivity index is 2.32. The molecule has 0 unspecified atom stereocenters. The number of benzene rings is 1. The highest BCUT2D eigenvalue weighted by Crippen LogP contribution is 2.01. The molecule has 1 rings (SSSR count). The second-order valence-corrected chi connectivity index (χ2v) is 2.64. The van der Waals surface area contributed by atoms with Crippen LogP contribution in [0.5, 0.6) is 0 Å². The minimum Gasteiger partial charge on any atom is -0.293 e. The van der Waals surface area contributed by atoms with Crippen LogP contribution >= 0.6 is 0 Å². The van der Waals surface area contributed by atoms with Crippen LogP contribution in [0.25, 0.3) is 0 Å². The number of hydrogen-bond donors (Lipinski definition) is 0. The maximum absolute atomic E-state index is 11.2. The third-order valence-electron chi connectivity index (χ3n) is 1.55. The average Bonchev–Trinajstić information content (AvgIpc) is 2.25. The van der Waals surface area contributed by atoms with Crippen molar-refractivity contribution in [2.24, 2.45) is 0 Å². The van der Waals surface area contributed by atoms with E-state index in [0.29, 0.717) is 18.6 Å². The van der Waals surface area contributed by atoms with Crippen LogP contribution in [-0.4, -0.2) is 12.6 Å². The first-order valence-electron chi connectivity index (χ1n) is 4.34. The molecule has 1 aromatic rings. The molecule has 3 nitrogen and oxygen atoms in total. The number of rotatable bonds is 5. The molecular weight excluding hydrogens is 180 g/mol. The predicted octanol–water partition coefficient (Wildman–Crippen LogP) is 2.35. The highest BCUT2D eigenvalue weighted by molar-refractivity contribution is 5.88. The van der Waals surface area contributed by atoms with E-state index >= 15 is 0 Å². The maximum Gasteiger partial charge on any atom is 0.373 e. The van der Waals surface area contributed by atoms with Crippen molar-refractivity contribution in [2.45, 2.75) is 6.42 Å². The fraction of sp³-hybridized carbons (Fsp3) is 0.182. The summed E-state index contributed by atoms with van der Waals surface area (Å²) < 4.78 is 0. The van der Waals surface area contributed by atoms with Gasteiger partial charge >= 0.3 is 5.97 Å². The van der Waals surface area contributed by atoms with E-state index in [9.17, 15) is 4.79 Å². The smallest absolute Gasteiger partial charge is 0.293 e. The van der Waals surface area contributed by atoms with Gasteiger partial charge in [-0.2, -0.15) is 4.89 Å². The van der Waals surface area contributed by atoms with E-state index < -0.39 is 5.97 Å². The van der Waals surface area contributed by atoms with Crippen LogP contribution in [0.1, 0.15) is 16.8 Å². The quantitative estimate of drug-likeness (QED) is 0.311. The van der Waals surface area contributed by atoms with Gasteiger partial charge in [0.2, 0.25) is 0 Å². The summed E-state index contributed by atoms with van der Waals surface area (Å²) in [7, 11) is 0. The Labute approximate surface area is 82.9 Å². The molecule has 0 N–H and O–H groups in total. The summed E-state index contributed by atoms with van der Waals surface area (Å²) in [5.74, 6) is -0.477. The van der Waals surface area contributed by atoms with Crippen LogP contribution in [0.2, 0.25) is 0 Å². The third-order valence-corrected chi connectivity index (χ3v) is 1.55. The van der Waals surface area contributed by atoms with Crippen LogP contribution in [0.4, 0.5) is 0 Å². The first-order chi connectivity index (χ1) is 6.84. The molecule has 0 spiro atoms. The molecule has 0 fully saturated rings. The highest BCUT2D eigenvalue weighted by atomic mass is 17.2. The largest absolute Gasteiger partial charge is 0.373 e. The Morgan fingerprint density at radius 2 is 2.07 bits per heavy atom. The van der Waals surface area contributed by atoms with Crippen LogP contribution in [0.3, 0.4) is 0 Å². The van der Waals surface area contributed by atoms with Gasteiger partial charge in [-0.1, -0.05) is 24.3 Å². The Morgan fingerprint density at radius 1 is 1.36 bits per heavy atom. The monoisotopic (exact) mass is 192 g/mol. The van der Waals surface area contributed by atoms with Gasteiger partial charge in [-0.15, -0.1) is 6.58 Å². The van der Waals surface area contributed by atoms with E-state index in [1.54, 1.807) is 30.3 Å². The molecule has 74 valence electrons. The van der Waals surface area contributed by atoms with E-state index in [1.165, 1.54) is 0 Å². The van der Waals surface area contributed by atoms with Gasteiger partial charge in [0.1, 0.15) is 0 Å². The van der Waals surface area contributed by atoms with Crippen LogP contribution < -0.4 is 0 Å². The number of carbonyl (C=O) groups excluding carboxylic acids is 1. The molecule has 14 heavy (non-hydrogen) atoms. The average molecular weight is 192 g/mol. The van der Waals surface area contributed by atoms with E-state index in [4.69, 9.17) is 0 Å². The van der Waals surface area contributed by atoms with Gasteiger partial charge in [-0.05, 0) is 18.6 Å². The second-order valence-electron chi connectivity index (χ2n) is 2.64. The summed E-state index contributed by atoms with van der Waals surface area (Å²) in [6.45, 7) is 3.85. The SMILES string of the molecule is C=CCCOOC(=O)c1ccccc1. The van der Waals surface area contributed by atoms with Crippen molar-refractivity contribution in [3.05, 3.63) is 48.6 Å². The van der Waals surface area contributed by atoms with Crippen molar-refractivity contribution in [2.75, 3.05) is 6.61 Å². The van der Waals surface area contributed by atoms with E-state index in [2.05, 4.69) is 16.4 Å². The van der Waals surface area contributed by atoms with E-state index in [0.717, 1.165) is 0 Å². The summed E-state index contributed by atoms with van der Waals surface area (Å²) in [4.78, 5) is 20.4. The van der Waals surface area contributed by atoms with E-state index in [-0.39, 0.29) is 0 Å². The summed E-state index contributed by atoms with van der Waals surface area (Å²) in [6, 6.07) is 8.69. The molecule has 0 aromatic heterocycles. The third kappa shape index (κ3) is 3.41. The summed E-state index contributed by atoms with van der Waals surface area (Å²) in [5.41, 5.74) is 0.478. The lowest BCUT2D eigenvalue weighted by atomic mass is 10.2. The zero-order valence-corrected chi connectivity index (χ0v) is 7.81. The zero-order valence-electron chi connectivity index (χ0n) is 7.81. The molecule has 1 aromatic carbocycles. The molecule has 3 heteroatoms. The van der Waals surface area contributed by atoms with Crippen LogP contribution in [0, 0.1) is 0 Å². The molecule has 0 aliphatic heterocycles. The lowest BCUT2D eigenvalue weighted by Crippen LogP contribution is -2.06. The van der Waals surface area contributed by atoms with Crippen molar-refractivity contribution >= 4 is 5.97 Å². The lowest BCUT2D eigenvalue weighted by Gasteiger charge is -2.01. The van der Waals surface area contributed by atoms with Gasteiger partial charge in [0.05, 0.1) is 12.2 Å². The van der Waals surface area contributed by atoms with E-state index in [1.807, 2.05) is 6.07 Å². The zero-order chi connectivity index (χ0) is 10.2.